The van der Waals surface area contributed by atoms with Gasteiger partial charge in [-0.1, -0.05) is 5.16 Å². The van der Waals surface area contributed by atoms with Gasteiger partial charge in [-0.3, -0.25) is 0 Å². The smallest absolute Gasteiger partial charge is 0.242 e. The van der Waals surface area contributed by atoms with Crippen LogP contribution in [0.4, 0.5) is 0 Å². The summed E-state index contributed by atoms with van der Waals surface area (Å²) in [5, 5.41) is 12.6. The summed E-state index contributed by atoms with van der Waals surface area (Å²) < 4.78 is 33.1. The maximum absolute atomic E-state index is 12.1. The third-order valence-electron chi connectivity index (χ3n) is 2.81. The summed E-state index contributed by atoms with van der Waals surface area (Å²) >= 11 is 0. The first-order valence-electron chi connectivity index (χ1n) is 6.12. The fourth-order valence-electron chi connectivity index (χ4n) is 1.78. The van der Waals surface area contributed by atoms with Crippen molar-refractivity contribution in [2.24, 2.45) is 0 Å². The van der Waals surface area contributed by atoms with Gasteiger partial charge in [-0.05, 0) is 13.0 Å². The van der Waals surface area contributed by atoms with Gasteiger partial charge in [0.2, 0.25) is 15.9 Å². The van der Waals surface area contributed by atoms with Crippen molar-refractivity contribution in [1.82, 2.24) is 19.4 Å². The molecule has 0 radical (unpaired) electrons. The lowest BCUT2D eigenvalue weighted by Crippen LogP contribution is -2.25. The SMILES string of the molecule is CCn1cc(S(=O)(=O)NCCc2ncno2)cc1CO. The maximum Gasteiger partial charge on any atom is 0.242 e. The minimum atomic E-state index is -3.61. The molecule has 0 amide bonds. The van der Waals surface area contributed by atoms with Gasteiger partial charge in [0.25, 0.3) is 0 Å². The van der Waals surface area contributed by atoms with Crippen LogP contribution < -0.4 is 4.72 Å². The van der Waals surface area contributed by atoms with Crippen LogP contribution in [0.2, 0.25) is 0 Å². The predicted octanol–water partition coefficient (Wildman–Crippen LogP) is -0.0957. The molecule has 0 aliphatic rings. The fourth-order valence-corrected chi connectivity index (χ4v) is 2.88. The van der Waals surface area contributed by atoms with Crippen LogP contribution in [0.25, 0.3) is 0 Å². The molecular weight excluding hydrogens is 284 g/mol. The Morgan fingerprint density at radius 3 is 2.85 bits per heavy atom. The Bertz CT molecular complexity index is 627. The van der Waals surface area contributed by atoms with Crippen molar-refractivity contribution in [3.8, 4) is 0 Å². The van der Waals surface area contributed by atoms with Gasteiger partial charge in [0, 0.05) is 31.4 Å². The van der Waals surface area contributed by atoms with Gasteiger partial charge < -0.3 is 14.2 Å². The molecule has 0 aromatic carbocycles. The highest BCUT2D eigenvalue weighted by Gasteiger charge is 2.17. The molecule has 20 heavy (non-hydrogen) atoms. The summed E-state index contributed by atoms with van der Waals surface area (Å²) in [7, 11) is -3.61. The Kier molecular flexibility index (Phi) is 4.53. The maximum atomic E-state index is 12.1. The van der Waals surface area contributed by atoms with E-state index in [1.165, 1.54) is 18.6 Å². The molecule has 9 heteroatoms. The summed E-state index contributed by atoms with van der Waals surface area (Å²) in [6.45, 7) is 2.42. The molecule has 110 valence electrons. The van der Waals surface area contributed by atoms with E-state index in [4.69, 9.17) is 9.63 Å². The van der Waals surface area contributed by atoms with E-state index in [-0.39, 0.29) is 18.0 Å². The molecule has 2 aromatic rings. The van der Waals surface area contributed by atoms with Crippen molar-refractivity contribution in [3.63, 3.8) is 0 Å². The molecule has 0 unspecified atom stereocenters. The van der Waals surface area contributed by atoms with Gasteiger partial charge >= 0.3 is 0 Å². The first-order chi connectivity index (χ1) is 9.56. The van der Waals surface area contributed by atoms with Crippen LogP contribution in [0.15, 0.2) is 28.0 Å². The number of sulfonamides is 1. The zero-order valence-electron chi connectivity index (χ0n) is 11.0. The van der Waals surface area contributed by atoms with E-state index in [9.17, 15) is 8.42 Å². The van der Waals surface area contributed by atoms with Crippen molar-refractivity contribution >= 4 is 10.0 Å². The number of nitrogens with zero attached hydrogens (tertiary/aromatic N) is 3. The molecule has 0 saturated carbocycles. The molecule has 2 aromatic heterocycles. The van der Waals surface area contributed by atoms with E-state index in [1.54, 1.807) is 4.57 Å². The van der Waals surface area contributed by atoms with Crippen LogP contribution in [0.3, 0.4) is 0 Å². The van der Waals surface area contributed by atoms with Crippen LogP contribution >= 0.6 is 0 Å². The number of hydrogen-bond donors (Lipinski definition) is 2. The van der Waals surface area contributed by atoms with Gasteiger partial charge in [-0.2, -0.15) is 4.98 Å². The Labute approximate surface area is 116 Å². The molecule has 8 nitrogen and oxygen atoms in total. The molecule has 2 heterocycles. The number of nitrogens with one attached hydrogen (secondary N) is 1. The average Bonchev–Trinajstić information content (AvgIpc) is 3.07. The Hall–Kier alpha value is -1.71. The normalized spacial score (nSPS) is 11.9. The second kappa shape index (κ2) is 6.16. The second-order valence-electron chi connectivity index (χ2n) is 4.09. The van der Waals surface area contributed by atoms with Crippen molar-refractivity contribution in [2.75, 3.05) is 6.54 Å². The summed E-state index contributed by atoms with van der Waals surface area (Å²) in [5.41, 5.74) is 0.560. The number of aliphatic hydroxyl groups excluding tert-OH is 1. The summed E-state index contributed by atoms with van der Waals surface area (Å²) in [4.78, 5) is 3.94. The van der Waals surface area contributed by atoms with Crippen LogP contribution in [-0.2, 0) is 29.6 Å². The van der Waals surface area contributed by atoms with E-state index in [0.717, 1.165) is 0 Å². The lowest BCUT2D eigenvalue weighted by Gasteiger charge is -2.03. The van der Waals surface area contributed by atoms with Gasteiger partial charge in [-0.25, -0.2) is 13.1 Å². The number of rotatable bonds is 7. The van der Waals surface area contributed by atoms with Crippen molar-refractivity contribution in [3.05, 3.63) is 30.2 Å². The molecule has 0 spiro atoms. The Morgan fingerprint density at radius 1 is 1.50 bits per heavy atom. The van der Waals surface area contributed by atoms with Crippen LogP contribution in [0, 0.1) is 0 Å². The second-order valence-corrected chi connectivity index (χ2v) is 5.86. The van der Waals surface area contributed by atoms with E-state index < -0.39 is 10.0 Å². The van der Waals surface area contributed by atoms with Crippen molar-refractivity contribution in [2.45, 2.75) is 31.4 Å². The average molecular weight is 300 g/mol. The van der Waals surface area contributed by atoms with E-state index in [2.05, 4.69) is 14.9 Å². The van der Waals surface area contributed by atoms with E-state index >= 15 is 0 Å². The molecule has 2 N–H and O–H groups in total. The topological polar surface area (TPSA) is 110 Å². The molecule has 0 bridgehead atoms. The van der Waals surface area contributed by atoms with Gasteiger partial charge in [0.15, 0.2) is 6.33 Å². The molecule has 0 fully saturated rings. The molecule has 0 atom stereocenters. The van der Waals surface area contributed by atoms with Gasteiger partial charge in [0.05, 0.1) is 11.5 Å². The fraction of sp³-hybridized carbons (Fsp3) is 0.455. The number of aryl methyl sites for hydroxylation is 1. The lowest BCUT2D eigenvalue weighted by atomic mass is 10.4. The highest BCUT2D eigenvalue weighted by atomic mass is 32.2. The minimum absolute atomic E-state index is 0.133. The van der Waals surface area contributed by atoms with E-state index in [1.807, 2.05) is 6.92 Å². The van der Waals surface area contributed by atoms with Crippen LogP contribution in [0.5, 0.6) is 0 Å². The van der Waals surface area contributed by atoms with Crippen LogP contribution in [-0.4, -0.2) is 34.8 Å². The van der Waals surface area contributed by atoms with Gasteiger partial charge in [0.1, 0.15) is 0 Å². The number of aliphatic hydroxyl groups is 1. The zero-order valence-corrected chi connectivity index (χ0v) is 11.8. The molecular formula is C11H16N4O4S. The first kappa shape index (κ1) is 14.7. The molecule has 0 saturated heterocycles. The summed E-state index contributed by atoms with van der Waals surface area (Å²) in [5.74, 6) is 0.370. The molecule has 0 aliphatic carbocycles. The standard InChI is InChI=1S/C11H16N4O4S/c1-2-15-6-10(5-9(15)7-16)20(17,18)14-4-3-11-12-8-13-19-11/h5-6,8,14,16H,2-4,7H2,1H3. The zero-order chi connectivity index (χ0) is 14.6. The van der Waals surface area contributed by atoms with Crippen molar-refractivity contribution in [1.29, 1.82) is 0 Å². The highest BCUT2D eigenvalue weighted by molar-refractivity contribution is 7.89. The first-order valence-corrected chi connectivity index (χ1v) is 7.60. The van der Waals surface area contributed by atoms with Crippen LogP contribution in [0.1, 0.15) is 18.5 Å². The molecule has 2 rings (SSSR count). The van der Waals surface area contributed by atoms with Crippen molar-refractivity contribution < 1.29 is 18.0 Å². The Morgan fingerprint density at radius 2 is 2.30 bits per heavy atom. The lowest BCUT2D eigenvalue weighted by molar-refractivity contribution is 0.271. The number of aromatic nitrogens is 3. The highest BCUT2D eigenvalue weighted by Crippen LogP contribution is 2.14. The Balaban J connectivity index is 2.04. The third kappa shape index (κ3) is 3.24. The summed E-state index contributed by atoms with van der Waals surface area (Å²) in [6.07, 6.45) is 3.08. The molecule has 0 aliphatic heterocycles. The third-order valence-corrected chi connectivity index (χ3v) is 4.24. The largest absolute Gasteiger partial charge is 0.390 e. The van der Waals surface area contributed by atoms with E-state index in [0.29, 0.717) is 24.6 Å². The number of hydrogen-bond acceptors (Lipinski definition) is 6. The predicted molar refractivity (Wildman–Crippen MR) is 69.2 cm³/mol. The monoisotopic (exact) mass is 300 g/mol. The summed E-state index contributed by atoms with van der Waals surface area (Å²) in [6, 6.07) is 1.46. The quantitative estimate of drug-likeness (QED) is 0.739. The minimum Gasteiger partial charge on any atom is -0.390 e. The van der Waals surface area contributed by atoms with Gasteiger partial charge in [-0.15, -0.1) is 0 Å².